The van der Waals surface area contributed by atoms with Gasteiger partial charge >= 0.3 is 0 Å². The molecule has 100 valence electrons. The third kappa shape index (κ3) is 2.87. The number of carbonyl (C=O) groups is 1. The Hall–Kier alpha value is -1.61. The molecule has 1 amide bonds. The minimum Gasteiger partial charge on any atom is -0.335 e. The van der Waals surface area contributed by atoms with Crippen LogP contribution in [-0.4, -0.2) is 34.3 Å². The van der Waals surface area contributed by atoms with Crippen molar-refractivity contribution < 1.29 is 4.79 Å². The lowest BCUT2D eigenvalue weighted by molar-refractivity contribution is 0.0720. The van der Waals surface area contributed by atoms with Crippen molar-refractivity contribution in [2.45, 2.75) is 19.9 Å². The largest absolute Gasteiger partial charge is 0.335 e. The van der Waals surface area contributed by atoms with Crippen molar-refractivity contribution in [2.75, 3.05) is 12.4 Å². The van der Waals surface area contributed by atoms with Gasteiger partial charge in [0.2, 0.25) is 0 Å². The van der Waals surface area contributed by atoms with Crippen LogP contribution >= 0.6 is 11.6 Å². The van der Waals surface area contributed by atoms with E-state index in [-0.39, 0.29) is 11.9 Å². The first-order valence-corrected chi connectivity index (χ1v) is 6.89. The van der Waals surface area contributed by atoms with Gasteiger partial charge in [-0.1, -0.05) is 18.2 Å². The van der Waals surface area contributed by atoms with Crippen LogP contribution in [0.4, 0.5) is 0 Å². The molecule has 0 N–H and O–H groups in total. The Morgan fingerprint density at radius 2 is 2.05 bits per heavy atom. The molecule has 0 aliphatic rings. The maximum atomic E-state index is 12.6. The van der Waals surface area contributed by atoms with Crippen LogP contribution in [0.1, 0.15) is 24.2 Å². The van der Waals surface area contributed by atoms with Gasteiger partial charge in [0, 0.05) is 30.0 Å². The Morgan fingerprint density at radius 3 is 2.74 bits per heavy atom. The number of amides is 1. The van der Waals surface area contributed by atoms with Crippen LogP contribution in [0.2, 0.25) is 0 Å². The monoisotopic (exact) mass is 276 g/mol. The average Bonchev–Trinajstić information content (AvgIpc) is 2.43. The standard InChI is InChI=1S/C15H17ClN2O/c1-11(2)18(10-8-16)15(19)13-7-9-17-14-6-4-3-5-12(13)14/h3-7,9,11H,8,10H2,1-2H3. The molecule has 0 bridgehead atoms. The van der Waals surface area contributed by atoms with E-state index >= 15 is 0 Å². The molecule has 1 aromatic carbocycles. The van der Waals surface area contributed by atoms with Crippen molar-refractivity contribution in [2.24, 2.45) is 0 Å². The van der Waals surface area contributed by atoms with E-state index in [1.165, 1.54) is 0 Å². The van der Waals surface area contributed by atoms with Gasteiger partial charge in [-0.05, 0) is 26.0 Å². The average molecular weight is 277 g/mol. The van der Waals surface area contributed by atoms with Crippen molar-refractivity contribution in [3.8, 4) is 0 Å². The second-order valence-corrected chi connectivity index (χ2v) is 5.03. The summed E-state index contributed by atoms with van der Waals surface area (Å²) in [5.74, 6) is 0.446. The number of para-hydroxylation sites is 1. The van der Waals surface area contributed by atoms with E-state index in [1.54, 1.807) is 17.2 Å². The Kier molecular flexibility index (Phi) is 4.38. The molecule has 4 heteroatoms. The lowest BCUT2D eigenvalue weighted by Gasteiger charge is -2.26. The van der Waals surface area contributed by atoms with Crippen molar-refractivity contribution in [1.29, 1.82) is 0 Å². The molecule has 0 aliphatic heterocycles. The summed E-state index contributed by atoms with van der Waals surface area (Å²) in [6.45, 7) is 4.54. The number of aromatic nitrogens is 1. The van der Waals surface area contributed by atoms with E-state index in [2.05, 4.69) is 4.98 Å². The summed E-state index contributed by atoms with van der Waals surface area (Å²) < 4.78 is 0. The fourth-order valence-corrected chi connectivity index (χ4v) is 2.30. The number of hydrogen-bond donors (Lipinski definition) is 0. The molecule has 1 heterocycles. The van der Waals surface area contributed by atoms with Gasteiger partial charge in [0.25, 0.3) is 5.91 Å². The van der Waals surface area contributed by atoms with Crippen LogP contribution in [0.3, 0.4) is 0 Å². The number of nitrogens with zero attached hydrogens (tertiary/aromatic N) is 2. The minimum atomic E-state index is 0.00856. The summed E-state index contributed by atoms with van der Waals surface area (Å²) in [6.07, 6.45) is 1.68. The van der Waals surface area contributed by atoms with Crippen molar-refractivity contribution in [3.05, 3.63) is 42.1 Å². The summed E-state index contributed by atoms with van der Waals surface area (Å²) in [7, 11) is 0. The van der Waals surface area contributed by atoms with Gasteiger partial charge in [0.05, 0.1) is 11.1 Å². The quantitative estimate of drug-likeness (QED) is 0.803. The van der Waals surface area contributed by atoms with E-state index in [0.717, 1.165) is 10.9 Å². The Balaban J connectivity index is 2.45. The molecular weight excluding hydrogens is 260 g/mol. The molecule has 0 saturated heterocycles. The van der Waals surface area contributed by atoms with E-state index in [0.29, 0.717) is 18.0 Å². The lowest BCUT2D eigenvalue weighted by atomic mass is 10.1. The van der Waals surface area contributed by atoms with E-state index < -0.39 is 0 Å². The number of benzene rings is 1. The highest BCUT2D eigenvalue weighted by Gasteiger charge is 2.20. The number of carbonyl (C=O) groups excluding carboxylic acids is 1. The van der Waals surface area contributed by atoms with Gasteiger partial charge in [-0.2, -0.15) is 0 Å². The van der Waals surface area contributed by atoms with E-state index in [4.69, 9.17) is 11.6 Å². The van der Waals surface area contributed by atoms with Crippen LogP contribution in [0.5, 0.6) is 0 Å². The summed E-state index contributed by atoms with van der Waals surface area (Å²) in [5, 5.41) is 0.884. The molecule has 2 rings (SSSR count). The highest BCUT2D eigenvalue weighted by atomic mass is 35.5. The molecule has 2 aromatic rings. The van der Waals surface area contributed by atoms with Crippen molar-refractivity contribution in [1.82, 2.24) is 9.88 Å². The molecule has 1 aromatic heterocycles. The highest BCUT2D eigenvalue weighted by Crippen LogP contribution is 2.19. The Labute approximate surface area is 118 Å². The zero-order valence-corrected chi connectivity index (χ0v) is 11.9. The summed E-state index contributed by atoms with van der Waals surface area (Å²) in [4.78, 5) is 18.7. The first-order chi connectivity index (χ1) is 9.15. The van der Waals surface area contributed by atoms with Crippen molar-refractivity contribution in [3.63, 3.8) is 0 Å². The highest BCUT2D eigenvalue weighted by molar-refractivity contribution is 6.18. The second-order valence-electron chi connectivity index (χ2n) is 4.66. The van der Waals surface area contributed by atoms with Crippen molar-refractivity contribution >= 4 is 28.4 Å². The fourth-order valence-electron chi connectivity index (χ4n) is 2.12. The van der Waals surface area contributed by atoms with Gasteiger partial charge in [0.15, 0.2) is 0 Å². The van der Waals surface area contributed by atoms with E-state index in [9.17, 15) is 4.79 Å². The molecule has 0 saturated carbocycles. The minimum absolute atomic E-state index is 0.00856. The number of alkyl halides is 1. The van der Waals surface area contributed by atoms with Gasteiger partial charge in [-0.3, -0.25) is 9.78 Å². The molecule has 0 fully saturated rings. The Morgan fingerprint density at radius 1 is 1.32 bits per heavy atom. The normalized spacial score (nSPS) is 10.9. The molecule has 0 spiro atoms. The van der Waals surface area contributed by atoms with Crippen LogP contribution in [0.15, 0.2) is 36.5 Å². The predicted octanol–water partition coefficient (Wildman–Crippen LogP) is 3.32. The zero-order chi connectivity index (χ0) is 13.8. The molecular formula is C15H17ClN2O. The number of rotatable bonds is 4. The smallest absolute Gasteiger partial charge is 0.254 e. The maximum Gasteiger partial charge on any atom is 0.254 e. The SMILES string of the molecule is CC(C)N(CCCl)C(=O)c1ccnc2ccccc12. The van der Waals surface area contributed by atoms with Gasteiger partial charge in [0.1, 0.15) is 0 Å². The maximum absolute atomic E-state index is 12.6. The summed E-state index contributed by atoms with van der Waals surface area (Å²) in [5.41, 5.74) is 1.52. The molecule has 3 nitrogen and oxygen atoms in total. The zero-order valence-electron chi connectivity index (χ0n) is 11.1. The molecule has 0 unspecified atom stereocenters. The Bertz CT molecular complexity index is 578. The van der Waals surface area contributed by atoms with Crippen LogP contribution in [0.25, 0.3) is 10.9 Å². The molecule has 0 aliphatic carbocycles. The number of pyridine rings is 1. The fraction of sp³-hybridized carbons (Fsp3) is 0.333. The topological polar surface area (TPSA) is 33.2 Å². The van der Waals surface area contributed by atoms with Crippen LogP contribution in [0, 0.1) is 0 Å². The number of halogens is 1. The summed E-state index contributed by atoms with van der Waals surface area (Å²) >= 11 is 5.78. The van der Waals surface area contributed by atoms with E-state index in [1.807, 2.05) is 38.1 Å². The molecule has 0 atom stereocenters. The van der Waals surface area contributed by atoms with Crippen LogP contribution < -0.4 is 0 Å². The first kappa shape index (κ1) is 13.8. The van der Waals surface area contributed by atoms with Crippen LogP contribution in [-0.2, 0) is 0 Å². The number of fused-ring (bicyclic) bond motifs is 1. The molecule has 0 radical (unpaired) electrons. The second kappa shape index (κ2) is 6.02. The van der Waals surface area contributed by atoms with Gasteiger partial charge < -0.3 is 4.90 Å². The third-order valence-corrected chi connectivity index (χ3v) is 3.26. The number of hydrogen-bond acceptors (Lipinski definition) is 2. The summed E-state index contributed by atoms with van der Waals surface area (Å²) in [6, 6.07) is 9.57. The van der Waals surface area contributed by atoms with Gasteiger partial charge in [-0.15, -0.1) is 11.6 Å². The lowest BCUT2D eigenvalue weighted by Crippen LogP contribution is -2.38. The molecule has 19 heavy (non-hydrogen) atoms. The third-order valence-electron chi connectivity index (χ3n) is 3.09. The first-order valence-electron chi connectivity index (χ1n) is 6.36. The predicted molar refractivity (Wildman–Crippen MR) is 78.6 cm³/mol. The van der Waals surface area contributed by atoms with Gasteiger partial charge in [-0.25, -0.2) is 0 Å².